The summed E-state index contributed by atoms with van der Waals surface area (Å²) < 4.78 is 26.8. The Morgan fingerprint density at radius 2 is 1.28 bits per heavy atom. The predicted octanol–water partition coefficient (Wildman–Crippen LogP) is -5.52. The topological polar surface area (TPSA) is 228 Å². The summed E-state index contributed by atoms with van der Waals surface area (Å²) in [7, 11) is 0. The normalized spacial score (nSPS) is 52.7. The summed E-state index contributed by atoms with van der Waals surface area (Å²) >= 11 is 0. The van der Waals surface area contributed by atoms with Gasteiger partial charge >= 0.3 is 0 Å². The highest BCUT2D eigenvalue weighted by Crippen LogP contribution is 2.29. The van der Waals surface area contributed by atoms with Crippen LogP contribution < -0.4 is 0 Å². The third-order valence-electron chi connectivity index (χ3n) is 5.89. The molecule has 0 aromatic heterocycles. The second-order valence-electron chi connectivity index (χ2n) is 8.24. The summed E-state index contributed by atoms with van der Waals surface area (Å²) in [5.74, 6) is 0. The Morgan fingerprint density at radius 1 is 0.719 bits per heavy atom. The van der Waals surface area contributed by atoms with E-state index in [2.05, 4.69) is 0 Å². The van der Waals surface area contributed by atoms with Gasteiger partial charge in [-0.25, -0.2) is 0 Å². The number of hydrogen-bond donors (Lipinski definition) is 9. The van der Waals surface area contributed by atoms with Crippen LogP contribution in [0.2, 0.25) is 0 Å². The van der Waals surface area contributed by atoms with Gasteiger partial charge in [0.05, 0.1) is 25.4 Å². The molecule has 3 aliphatic rings. The molecule has 14 atom stereocenters. The van der Waals surface area contributed by atoms with Crippen LogP contribution >= 0.6 is 0 Å². The first-order valence-electron chi connectivity index (χ1n) is 10.3. The Hall–Kier alpha value is -0.560. The van der Waals surface area contributed by atoms with Gasteiger partial charge in [0.15, 0.2) is 18.9 Å². The van der Waals surface area contributed by atoms with Crippen molar-refractivity contribution in [2.45, 2.75) is 99.4 Å². The van der Waals surface area contributed by atoms with Crippen LogP contribution in [-0.4, -0.2) is 145 Å². The van der Waals surface area contributed by atoms with Crippen LogP contribution in [-0.2, 0) is 23.7 Å². The number of ether oxygens (including phenoxy) is 5. The largest absolute Gasteiger partial charge is 0.394 e. The van der Waals surface area contributed by atoms with Crippen LogP contribution in [0.3, 0.4) is 0 Å². The predicted molar refractivity (Wildman–Crippen MR) is 98.5 cm³/mol. The first-order chi connectivity index (χ1) is 15.0. The summed E-state index contributed by atoms with van der Waals surface area (Å²) in [6, 6.07) is 0. The standard InChI is InChI=1S/C18H32O14/c1-5-16(6(20)2-9(21)29-5)32-18-15(27)13(25)11(23)8(31-18)4-28-17-14(26)12(24)10(22)7(3-19)30-17/h5-27H,2-4H2,1H3/t5-,6-,7-,8-,9-,10-,11-,12+,13+,14-,15-,16+,17-,18+/m1/s1. The van der Waals surface area contributed by atoms with Crippen molar-refractivity contribution < 1.29 is 69.6 Å². The highest BCUT2D eigenvalue weighted by atomic mass is 16.7. The Bertz CT molecular complexity index is 582. The molecule has 0 aliphatic carbocycles. The first kappa shape index (κ1) is 26.1. The van der Waals surface area contributed by atoms with E-state index in [0.717, 1.165) is 0 Å². The molecule has 0 radical (unpaired) electrons. The Balaban J connectivity index is 1.62. The van der Waals surface area contributed by atoms with Crippen molar-refractivity contribution in [3.8, 4) is 0 Å². The van der Waals surface area contributed by atoms with Crippen molar-refractivity contribution >= 4 is 0 Å². The fraction of sp³-hybridized carbons (Fsp3) is 1.00. The zero-order chi connectivity index (χ0) is 23.7. The molecule has 0 saturated carbocycles. The molecular formula is C18H32O14. The van der Waals surface area contributed by atoms with Gasteiger partial charge in [0, 0.05) is 6.42 Å². The van der Waals surface area contributed by atoms with E-state index in [0.29, 0.717) is 0 Å². The van der Waals surface area contributed by atoms with Gasteiger partial charge in [0.2, 0.25) is 0 Å². The number of hydrogen-bond acceptors (Lipinski definition) is 14. The van der Waals surface area contributed by atoms with Gasteiger partial charge in [-0.3, -0.25) is 0 Å². The van der Waals surface area contributed by atoms with Crippen molar-refractivity contribution in [1.82, 2.24) is 0 Å². The molecule has 0 spiro atoms. The summed E-state index contributed by atoms with van der Waals surface area (Å²) in [5, 5.41) is 89.3. The molecule has 14 nitrogen and oxygen atoms in total. The van der Waals surface area contributed by atoms with E-state index in [-0.39, 0.29) is 6.42 Å². The Labute approximate surface area is 183 Å². The quantitative estimate of drug-likeness (QED) is 0.176. The van der Waals surface area contributed by atoms with Gasteiger partial charge in [-0.1, -0.05) is 0 Å². The summed E-state index contributed by atoms with van der Waals surface area (Å²) in [5.41, 5.74) is 0. The fourth-order valence-corrected chi connectivity index (χ4v) is 3.95. The molecule has 3 saturated heterocycles. The minimum atomic E-state index is -1.72. The van der Waals surface area contributed by atoms with Crippen molar-refractivity contribution in [3.63, 3.8) is 0 Å². The number of aliphatic hydroxyl groups is 9. The molecule has 14 heteroatoms. The van der Waals surface area contributed by atoms with Crippen molar-refractivity contribution in [1.29, 1.82) is 0 Å². The highest BCUT2D eigenvalue weighted by molar-refractivity contribution is 4.92. The van der Waals surface area contributed by atoms with Crippen molar-refractivity contribution in [2.24, 2.45) is 0 Å². The molecule has 188 valence electrons. The van der Waals surface area contributed by atoms with Crippen LogP contribution in [0.15, 0.2) is 0 Å². The summed E-state index contributed by atoms with van der Waals surface area (Å²) in [4.78, 5) is 0. The molecule has 3 fully saturated rings. The summed E-state index contributed by atoms with van der Waals surface area (Å²) in [6.45, 7) is 0.356. The van der Waals surface area contributed by atoms with E-state index in [9.17, 15) is 46.0 Å². The average molecular weight is 472 g/mol. The summed E-state index contributed by atoms with van der Waals surface area (Å²) in [6.07, 6.45) is -19.8. The van der Waals surface area contributed by atoms with Gasteiger partial charge in [-0.05, 0) is 6.92 Å². The average Bonchev–Trinajstić information content (AvgIpc) is 2.74. The lowest BCUT2D eigenvalue weighted by Crippen LogP contribution is -2.63. The maximum Gasteiger partial charge on any atom is 0.187 e. The number of aliphatic hydroxyl groups excluding tert-OH is 9. The zero-order valence-electron chi connectivity index (χ0n) is 17.3. The maximum atomic E-state index is 10.2. The molecule has 3 heterocycles. The SMILES string of the molecule is C[C@H]1O[C@@H](O)C[C@@H](O)[C@H]1O[C@@H]1O[C@H](CO[C@@H]2O[C@H](CO)[C@@H](O)[C@H](O)[C@H]2O)[C@@H](O)[C@H](O)[C@H]1O. The molecule has 0 unspecified atom stereocenters. The van der Waals surface area contributed by atoms with E-state index in [4.69, 9.17) is 23.7 Å². The van der Waals surface area contributed by atoms with Crippen LogP contribution in [0.5, 0.6) is 0 Å². The molecule has 3 rings (SSSR count). The molecule has 3 aliphatic heterocycles. The molecule has 9 N–H and O–H groups in total. The highest BCUT2D eigenvalue weighted by Gasteiger charge is 2.49. The van der Waals surface area contributed by atoms with E-state index in [1.807, 2.05) is 0 Å². The Kier molecular flexibility index (Phi) is 8.79. The minimum absolute atomic E-state index is 0.146. The van der Waals surface area contributed by atoms with E-state index >= 15 is 0 Å². The third-order valence-corrected chi connectivity index (χ3v) is 5.89. The first-order valence-corrected chi connectivity index (χ1v) is 10.3. The molecular weight excluding hydrogens is 440 g/mol. The van der Waals surface area contributed by atoms with Crippen molar-refractivity contribution in [2.75, 3.05) is 13.2 Å². The van der Waals surface area contributed by atoms with Gasteiger partial charge in [-0.15, -0.1) is 0 Å². The zero-order valence-corrected chi connectivity index (χ0v) is 17.3. The van der Waals surface area contributed by atoms with E-state index in [1.165, 1.54) is 6.92 Å². The van der Waals surface area contributed by atoms with Gasteiger partial charge < -0.3 is 69.6 Å². The second kappa shape index (κ2) is 10.8. The lowest BCUT2D eigenvalue weighted by atomic mass is 9.98. The lowest BCUT2D eigenvalue weighted by Gasteiger charge is -2.45. The van der Waals surface area contributed by atoms with Crippen LogP contribution in [0.4, 0.5) is 0 Å². The minimum Gasteiger partial charge on any atom is -0.394 e. The molecule has 32 heavy (non-hydrogen) atoms. The third kappa shape index (κ3) is 5.39. The smallest absolute Gasteiger partial charge is 0.187 e. The fourth-order valence-electron chi connectivity index (χ4n) is 3.95. The van der Waals surface area contributed by atoms with E-state index in [1.54, 1.807) is 0 Å². The number of rotatable bonds is 6. The van der Waals surface area contributed by atoms with Crippen LogP contribution in [0.25, 0.3) is 0 Å². The van der Waals surface area contributed by atoms with Crippen molar-refractivity contribution in [3.05, 3.63) is 0 Å². The Morgan fingerprint density at radius 3 is 1.88 bits per heavy atom. The molecule has 0 aromatic rings. The molecule has 0 amide bonds. The monoisotopic (exact) mass is 472 g/mol. The molecule has 0 bridgehead atoms. The maximum absolute atomic E-state index is 10.2. The van der Waals surface area contributed by atoms with Crippen LogP contribution in [0.1, 0.15) is 13.3 Å². The lowest BCUT2D eigenvalue weighted by molar-refractivity contribution is -0.350. The van der Waals surface area contributed by atoms with E-state index < -0.39 is 99.2 Å². The second-order valence-corrected chi connectivity index (χ2v) is 8.24. The van der Waals surface area contributed by atoms with Gasteiger partial charge in [-0.2, -0.15) is 0 Å². The molecule has 0 aromatic carbocycles. The van der Waals surface area contributed by atoms with Crippen LogP contribution in [0, 0.1) is 0 Å². The van der Waals surface area contributed by atoms with Gasteiger partial charge in [0.1, 0.15) is 54.9 Å². The van der Waals surface area contributed by atoms with Gasteiger partial charge in [0.25, 0.3) is 0 Å².